The van der Waals surface area contributed by atoms with Crippen LogP contribution in [0.15, 0.2) is 85.0 Å². The van der Waals surface area contributed by atoms with E-state index in [1.165, 1.54) is 11.6 Å². The van der Waals surface area contributed by atoms with Crippen molar-refractivity contribution in [2.75, 3.05) is 0 Å². The summed E-state index contributed by atoms with van der Waals surface area (Å²) in [4.78, 5) is 24.7. The Morgan fingerprint density at radius 1 is 1.03 bits per heavy atom. The van der Waals surface area contributed by atoms with E-state index in [1.807, 2.05) is 18.2 Å². The second-order valence-electron chi connectivity index (χ2n) is 9.19. The molecule has 1 N–H and O–H groups in total. The minimum atomic E-state index is -4.46. The Kier molecular flexibility index (Phi) is 7.35. The van der Waals surface area contributed by atoms with Gasteiger partial charge in [-0.1, -0.05) is 17.7 Å². The number of ether oxygens (including phenoxy) is 1. The number of hydrogen-bond donors (Lipinski definition) is 1. The molecule has 1 saturated carbocycles. The van der Waals surface area contributed by atoms with E-state index in [1.54, 1.807) is 36.8 Å². The van der Waals surface area contributed by atoms with Gasteiger partial charge in [0.2, 0.25) is 5.88 Å². The number of allylic oxidation sites excluding steroid dienone is 2. The lowest BCUT2D eigenvalue weighted by Gasteiger charge is -2.25. The smallest absolute Gasteiger partial charge is 0.417 e. The maximum atomic E-state index is 12.8. The van der Waals surface area contributed by atoms with E-state index in [2.05, 4.69) is 26.3 Å². The zero-order valence-electron chi connectivity index (χ0n) is 20.4. The predicted octanol–water partition coefficient (Wildman–Crippen LogP) is 6.68. The molecule has 194 valence electrons. The van der Waals surface area contributed by atoms with Crippen molar-refractivity contribution in [3.63, 3.8) is 0 Å². The SMILES string of the molecule is O=C(NC1CCC(=CCc2cc(Oc3ccc(C(F)(F)F)cn3)cc3ncccc23)CC1)c1cccnc1. The molecule has 3 aromatic heterocycles. The van der Waals surface area contributed by atoms with Crippen LogP contribution in [0.5, 0.6) is 11.6 Å². The molecule has 0 radical (unpaired) electrons. The molecule has 9 heteroatoms. The van der Waals surface area contributed by atoms with E-state index < -0.39 is 11.7 Å². The molecule has 1 amide bonds. The van der Waals surface area contributed by atoms with Gasteiger partial charge in [-0.15, -0.1) is 0 Å². The van der Waals surface area contributed by atoms with Crippen LogP contribution in [-0.2, 0) is 12.6 Å². The standard InChI is InChI=1S/C29H25F3N4O2/c30-29(31,32)22-9-12-27(35-18-22)38-24-15-20(25-4-2-14-34-26(25)16-24)8-5-19-6-10-23(11-7-19)36-28(37)21-3-1-13-33-17-21/h1-5,9,12-18,23H,6-8,10-11H2,(H,36,37). The van der Waals surface area contributed by atoms with Gasteiger partial charge < -0.3 is 10.1 Å². The van der Waals surface area contributed by atoms with Gasteiger partial charge in [-0.25, -0.2) is 4.98 Å². The molecule has 0 saturated heterocycles. The van der Waals surface area contributed by atoms with Crippen molar-refractivity contribution in [1.29, 1.82) is 0 Å². The normalized spacial score (nSPS) is 15.8. The van der Waals surface area contributed by atoms with E-state index in [0.717, 1.165) is 54.4 Å². The average molecular weight is 519 g/mol. The van der Waals surface area contributed by atoms with Gasteiger partial charge in [0.05, 0.1) is 16.6 Å². The highest BCUT2D eigenvalue weighted by molar-refractivity contribution is 5.94. The number of fused-ring (bicyclic) bond motifs is 1. The zero-order chi connectivity index (χ0) is 26.5. The van der Waals surface area contributed by atoms with Crippen LogP contribution in [0.3, 0.4) is 0 Å². The number of nitrogens with one attached hydrogen (secondary N) is 1. The number of benzene rings is 1. The van der Waals surface area contributed by atoms with Crippen molar-refractivity contribution < 1.29 is 22.7 Å². The highest BCUT2D eigenvalue weighted by Gasteiger charge is 2.30. The molecule has 0 spiro atoms. The third-order valence-electron chi connectivity index (χ3n) is 6.56. The summed E-state index contributed by atoms with van der Waals surface area (Å²) in [6, 6.07) is 13.3. The number of aromatic nitrogens is 3. The molecule has 1 aromatic carbocycles. The first-order valence-electron chi connectivity index (χ1n) is 12.3. The van der Waals surface area contributed by atoms with Gasteiger partial charge in [0.1, 0.15) is 5.75 Å². The van der Waals surface area contributed by atoms with Crippen LogP contribution < -0.4 is 10.1 Å². The van der Waals surface area contributed by atoms with E-state index >= 15 is 0 Å². The lowest BCUT2D eigenvalue weighted by Crippen LogP contribution is -2.36. The number of carbonyl (C=O) groups is 1. The van der Waals surface area contributed by atoms with Gasteiger partial charge in [0, 0.05) is 48.3 Å². The van der Waals surface area contributed by atoms with Gasteiger partial charge in [-0.2, -0.15) is 13.2 Å². The Labute approximate surface area is 217 Å². The fourth-order valence-electron chi connectivity index (χ4n) is 4.54. The second-order valence-corrected chi connectivity index (χ2v) is 9.19. The maximum absolute atomic E-state index is 12.8. The summed E-state index contributed by atoms with van der Waals surface area (Å²) in [5, 5.41) is 4.08. The van der Waals surface area contributed by atoms with Crippen LogP contribution in [0, 0.1) is 0 Å². The molecule has 1 aliphatic rings. The summed E-state index contributed by atoms with van der Waals surface area (Å²) in [6.07, 6.45) is 7.56. The molecule has 3 heterocycles. The van der Waals surface area contributed by atoms with Gasteiger partial charge in [-0.3, -0.25) is 14.8 Å². The Balaban J connectivity index is 1.26. The summed E-state index contributed by atoms with van der Waals surface area (Å²) < 4.78 is 44.3. The number of hydrogen-bond acceptors (Lipinski definition) is 5. The maximum Gasteiger partial charge on any atom is 0.417 e. The highest BCUT2D eigenvalue weighted by Crippen LogP contribution is 2.32. The minimum absolute atomic E-state index is 0.0734. The van der Waals surface area contributed by atoms with Gasteiger partial charge in [0.25, 0.3) is 5.91 Å². The zero-order valence-corrected chi connectivity index (χ0v) is 20.4. The number of carbonyl (C=O) groups excluding carboxylic acids is 1. The summed E-state index contributed by atoms with van der Waals surface area (Å²) in [5.41, 5.74) is 2.78. The average Bonchev–Trinajstić information content (AvgIpc) is 2.93. The van der Waals surface area contributed by atoms with E-state index in [4.69, 9.17) is 4.74 Å². The van der Waals surface area contributed by atoms with Crippen LogP contribution in [0.2, 0.25) is 0 Å². The first-order chi connectivity index (χ1) is 18.3. The summed E-state index contributed by atoms with van der Waals surface area (Å²) in [5.74, 6) is 0.428. The van der Waals surface area contributed by atoms with Crippen molar-refractivity contribution >= 4 is 16.8 Å². The number of alkyl halides is 3. The Morgan fingerprint density at radius 2 is 1.84 bits per heavy atom. The number of halogens is 3. The molecule has 1 aliphatic carbocycles. The topological polar surface area (TPSA) is 77.0 Å². The number of pyridine rings is 3. The summed E-state index contributed by atoms with van der Waals surface area (Å²) in [7, 11) is 0. The lowest BCUT2D eigenvalue weighted by molar-refractivity contribution is -0.137. The third-order valence-corrected chi connectivity index (χ3v) is 6.56. The summed E-state index contributed by atoms with van der Waals surface area (Å²) >= 11 is 0. The Hall–Kier alpha value is -4.27. The largest absolute Gasteiger partial charge is 0.439 e. The van der Waals surface area contributed by atoms with Crippen LogP contribution in [0.1, 0.15) is 47.2 Å². The molecule has 0 bridgehead atoms. The monoisotopic (exact) mass is 518 g/mol. The third kappa shape index (κ3) is 6.16. The van der Waals surface area contributed by atoms with Gasteiger partial charge >= 0.3 is 6.18 Å². The van der Waals surface area contributed by atoms with Crippen LogP contribution in [0.25, 0.3) is 10.9 Å². The molecule has 4 aromatic rings. The fraction of sp³-hybridized carbons (Fsp3) is 0.241. The van der Waals surface area contributed by atoms with Gasteiger partial charge in [0.15, 0.2) is 0 Å². The number of amides is 1. The fourth-order valence-corrected chi connectivity index (χ4v) is 4.54. The van der Waals surface area contributed by atoms with Gasteiger partial charge in [-0.05, 0) is 68.0 Å². The van der Waals surface area contributed by atoms with Crippen molar-refractivity contribution in [3.05, 3.63) is 102 Å². The summed E-state index contributed by atoms with van der Waals surface area (Å²) in [6.45, 7) is 0. The molecule has 38 heavy (non-hydrogen) atoms. The minimum Gasteiger partial charge on any atom is -0.439 e. The van der Waals surface area contributed by atoms with Crippen molar-refractivity contribution in [3.8, 4) is 11.6 Å². The van der Waals surface area contributed by atoms with E-state index in [-0.39, 0.29) is 17.8 Å². The molecule has 0 atom stereocenters. The van der Waals surface area contributed by atoms with Crippen LogP contribution in [0.4, 0.5) is 13.2 Å². The predicted molar refractivity (Wildman–Crippen MR) is 137 cm³/mol. The number of nitrogens with zero attached hydrogens (tertiary/aromatic N) is 3. The van der Waals surface area contributed by atoms with Crippen LogP contribution in [-0.4, -0.2) is 26.9 Å². The van der Waals surface area contributed by atoms with E-state index in [0.29, 0.717) is 17.7 Å². The Morgan fingerprint density at radius 3 is 2.55 bits per heavy atom. The van der Waals surface area contributed by atoms with Crippen LogP contribution >= 0.6 is 0 Å². The lowest BCUT2D eigenvalue weighted by atomic mass is 9.89. The molecule has 1 fully saturated rings. The number of rotatable bonds is 6. The second kappa shape index (κ2) is 11.0. The van der Waals surface area contributed by atoms with E-state index in [9.17, 15) is 18.0 Å². The highest BCUT2D eigenvalue weighted by atomic mass is 19.4. The molecule has 6 nitrogen and oxygen atoms in total. The van der Waals surface area contributed by atoms with Crippen molar-refractivity contribution in [2.24, 2.45) is 0 Å². The molecular weight excluding hydrogens is 493 g/mol. The molecular formula is C29H25F3N4O2. The molecule has 5 rings (SSSR count). The first kappa shape index (κ1) is 25.4. The first-order valence-corrected chi connectivity index (χ1v) is 12.3. The quantitative estimate of drug-likeness (QED) is 0.288. The Bertz CT molecular complexity index is 1440. The molecule has 0 aliphatic heterocycles. The van der Waals surface area contributed by atoms with Crippen molar-refractivity contribution in [2.45, 2.75) is 44.3 Å². The molecule has 0 unspecified atom stereocenters. The van der Waals surface area contributed by atoms with Crippen molar-refractivity contribution in [1.82, 2.24) is 20.3 Å².